The normalized spacial score (nSPS) is 21.7. The van der Waals surface area contributed by atoms with Gasteiger partial charge in [-0.25, -0.2) is 17.6 Å². The summed E-state index contributed by atoms with van der Waals surface area (Å²) in [7, 11) is 0. The Morgan fingerprint density at radius 1 is 1.14 bits per heavy atom. The average Bonchev–Trinajstić information content (AvgIpc) is 2.82. The van der Waals surface area contributed by atoms with E-state index in [1.165, 1.54) is 0 Å². The second kappa shape index (κ2) is 5.34. The molecule has 1 amide bonds. The molecule has 0 saturated carbocycles. The Morgan fingerprint density at radius 2 is 1.76 bits per heavy atom. The third-order valence-electron chi connectivity index (χ3n) is 3.55. The molecule has 4 nitrogen and oxygen atoms in total. The predicted octanol–water partition coefficient (Wildman–Crippen LogP) is 2.04. The highest BCUT2D eigenvalue weighted by Gasteiger charge is 2.38. The molecule has 0 radical (unpaired) electrons. The monoisotopic (exact) mass is 305 g/mol. The first-order valence-electron chi connectivity index (χ1n) is 6.09. The second-order valence-corrected chi connectivity index (χ2v) is 4.98. The van der Waals surface area contributed by atoms with Crippen molar-refractivity contribution in [1.29, 1.82) is 0 Å². The van der Waals surface area contributed by atoms with Crippen LogP contribution >= 0.6 is 0 Å². The topological polar surface area (TPSA) is 57.6 Å². The molecule has 8 heteroatoms. The number of hydrogen-bond acceptors (Lipinski definition) is 2. The summed E-state index contributed by atoms with van der Waals surface area (Å²) in [6, 6.07) is 0.273. The number of amides is 1. The predicted molar refractivity (Wildman–Crippen MR) is 62.5 cm³/mol. The van der Waals surface area contributed by atoms with Gasteiger partial charge in [-0.3, -0.25) is 9.59 Å². The zero-order valence-corrected chi connectivity index (χ0v) is 10.9. The minimum absolute atomic E-state index is 0.00978. The van der Waals surface area contributed by atoms with Crippen molar-refractivity contribution < 1.29 is 32.3 Å². The molecule has 1 aromatic rings. The lowest BCUT2D eigenvalue weighted by Crippen LogP contribution is -2.31. The van der Waals surface area contributed by atoms with Gasteiger partial charge >= 0.3 is 5.97 Å². The van der Waals surface area contributed by atoms with Gasteiger partial charge in [0.05, 0.1) is 11.5 Å². The van der Waals surface area contributed by atoms with Crippen LogP contribution in [-0.2, 0) is 4.79 Å². The Hall–Kier alpha value is -2.12. The summed E-state index contributed by atoms with van der Waals surface area (Å²) in [5.74, 6) is -10.9. The third-order valence-corrected chi connectivity index (χ3v) is 3.55. The van der Waals surface area contributed by atoms with Crippen LogP contribution in [0.3, 0.4) is 0 Å². The number of aliphatic carboxylic acids is 1. The van der Waals surface area contributed by atoms with E-state index in [1.807, 2.05) is 0 Å². The van der Waals surface area contributed by atoms with Crippen molar-refractivity contribution in [3.8, 4) is 0 Å². The molecule has 0 bridgehead atoms. The lowest BCUT2D eigenvalue weighted by molar-refractivity contribution is -0.142. The number of carbonyl (C=O) groups is 2. The maximum absolute atomic E-state index is 13.6. The standard InChI is InChI=1S/C13H11F4NO3/c1-5-3-18(4-7(5)13(20)21)12(19)6-2-8(14)10(16)11(17)9(6)15/h2,5,7H,3-4H2,1H3,(H,20,21)/t5-,7-/m1/s1. The Morgan fingerprint density at radius 3 is 2.29 bits per heavy atom. The van der Waals surface area contributed by atoms with E-state index in [9.17, 15) is 27.2 Å². The molecule has 1 heterocycles. The Bertz CT molecular complexity index is 620. The van der Waals surface area contributed by atoms with Crippen molar-refractivity contribution in [1.82, 2.24) is 4.90 Å². The van der Waals surface area contributed by atoms with Gasteiger partial charge < -0.3 is 10.0 Å². The molecule has 114 valence electrons. The van der Waals surface area contributed by atoms with Gasteiger partial charge in [-0.05, 0) is 12.0 Å². The van der Waals surface area contributed by atoms with Crippen LogP contribution in [0.4, 0.5) is 17.6 Å². The summed E-state index contributed by atoms with van der Waals surface area (Å²) >= 11 is 0. The highest BCUT2D eigenvalue weighted by molar-refractivity contribution is 5.95. The van der Waals surface area contributed by atoms with Gasteiger partial charge in [0.25, 0.3) is 5.91 Å². The van der Waals surface area contributed by atoms with Crippen molar-refractivity contribution in [3.63, 3.8) is 0 Å². The number of halogens is 4. The summed E-state index contributed by atoms with van der Waals surface area (Å²) in [4.78, 5) is 24.0. The molecule has 2 atom stereocenters. The highest BCUT2D eigenvalue weighted by atomic mass is 19.2. The molecule has 1 fully saturated rings. The number of rotatable bonds is 2. The maximum atomic E-state index is 13.6. The van der Waals surface area contributed by atoms with Gasteiger partial charge in [0.1, 0.15) is 0 Å². The molecule has 0 spiro atoms. The van der Waals surface area contributed by atoms with Crippen molar-refractivity contribution in [2.24, 2.45) is 11.8 Å². The Labute approximate surface area is 117 Å². The van der Waals surface area contributed by atoms with E-state index in [0.29, 0.717) is 0 Å². The molecule has 1 saturated heterocycles. The van der Waals surface area contributed by atoms with Crippen molar-refractivity contribution in [2.45, 2.75) is 6.92 Å². The molecule has 1 aromatic carbocycles. The molecule has 1 aliphatic rings. The van der Waals surface area contributed by atoms with E-state index in [-0.39, 0.29) is 25.1 Å². The number of benzene rings is 1. The first-order valence-corrected chi connectivity index (χ1v) is 6.09. The van der Waals surface area contributed by atoms with Gasteiger partial charge in [0, 0.05) is 13.1 Å². The average molecular weight is 305 g/mol. The fourth-order valence-electron chi connectivity index (χ4n) is 2.35. The zero-order chi connectivity index (χ0) is 15.9. The Kier molecular flexibility index (Phi) is 3.89. The highest BCUT2D eigenvalue weighted by Crippen LogP contribution is 2.26. The lowest BCUT2D eigenvalue weighted by atomic mass is 9.99. The fourth-order valence-corrected chi connectivity index (χ4v) is 2.35. The summed E-state index contributed by atoms with van der Waals surface area (Å²) in [6.07, 6.45) is 0. The minimum atomic E-state index is -2.07. The number of likely N-dealkylation sites (tertiary alicyclic amines) is 1. The fraction of sp³-hybridized carbons (Fsp3) is 0.385. The van der Waals surface area contributed by atoms with Gasteiger partial charge in [-0.2, -0.15) is 0 Å². The SMILES string of the molecule is C[C@@H]1CN(C(=O)c2cc(F)c(F)c(F)c2F)C[C@H]1C(=O)O. The molecule has 0 unspecified atom stereocenters. The summed E-state index contributed by atoms with van der Waals surface area (Å²) in [5, 5.41) is 8.95. The van der Waals surface area contributed by atoms with Crippen molar-refractivity contribution >= 4 is 11.9 Å². The van der Waals surface area contributed by atoms with E-state index < -0.39 is 46.6 Å². The molecular weight excluding hydrogens is 294 g/mol. The summed E-state index contributed by atoms with van der Waals surface area (Å²) in [6.45, 7) is 1.40. The number of carbonyl (C=O) groups excluding carboxylic acids is 1. The smallest absolute Gasteiger partial charge is 0.308 e. The third kappa shape index (κ3) is 2.57. The first-order chi connectivity index (χ1) is 9.73. The molecule has 1 N–H and O–H groups in total. The zero-order valence-electron chi connectivity index (χ0n) is 10.9. The first kappa shape index (κ1) is 15.3. The largest absolute Gasteiger partial charge is 0.481 e. The number of carboxylic acid groups (broad SMARTS) is 1. The van der Waals surface area contributed by atoms with Crippen LogP contribution in [0.25, 0.3) is 0 Å². The van der Waals surface area contributed by atoms with Crippen LogP contribution in [0.1, 0.15) is 17.3 Å². The Balaban J connectivity index is 2.32. The van der Waals surface area contributed by atoms with E-state index in [4.69, 9.17) is 5.11 Å². The maximum Gasteiger partial charge on any atom is 0.308 e. The molecule has 0 aliphatic carbocycles. The number of hydrogen-bond donors (Lipinski definition) is 1. The van der Waals surface area contributed by atoms with Crippen LogP contribution in [0.5, 0.6) is 0 Å². The van der Waals surface area contributed by atoms with Crippen LogP contribution < -0.4 is 0 Å². The number of carboxylic acids is 1. The van der Waals surface area contributed by atoms with Crippen molar-refractivity contribution in [3.05, 3.63) is 34.9 Å². The molecule has 0 aromatic heterocycles. The van der Waals surface area contributed by atoms with Gasteiger partial charge in [0.15, 0.2) is 23.3 Å². The van der Waals surface area contributed by atoms with E-state index in [2.05, 4.69) is 0 Å². The van der Waals surface area contributed by atoms with Gasteiger partial charge in [0.2, 0.25) is 0 Å². The molecule has 21 heavy (non-hydrogen) atoms. The molecule has 2 rings (SSSR count). The quantitative estimate of drug-likeness (QED) is 0.517. The van der Waals surface area contributed by atoms with Gasteiger partial charge in [-0.1, -0.05) is 6.92 Å². The second-order valence-electron chi connectivity index (χ2n) is 4.98. The molecule has 1 aliphatic heterocycles. The van der Waals surface area contributed by atoms with Crippen LogP contribution in [0.15, 0.2) is 6.07 Å². The van der Waals surface area contributed by atoms with E-state index in [0.717, 1.165) is 4.90 Å². The summed E-state index contributed by atoms with van der Waals surface area (Å²) < 4.78 is 52.6. The minimum Gasteiger partial charge on any atom is -0.481 e. The molecular formula is C13H11F4NO3. The number of nitrogens with zero attached hydrogens (tertiary/aromatic N) is 1. The van der Waals surface area contributed by atoms with E-state index in [1.54, 1.807) is 6.92 Å². The summed E-state index contributed by atoms with van der Waals surface area (Å²) in [5.41, 5.74) is -0.954. The van der Waals surface area contributed by atoms with Gasteiger partial charge in [-0.15, -0.1) is 0 Å². The van der Waals surface area contributed by atoms with Crippen LogP contribution in [-0.4, -0.2) is 35.0 Å². The van der Waals surface area contributed by atoms with Crippen LogP contribution in [0.2, 0.25) is 0 Å². The van der Waals surface area contributed by atoms with Crippen LogP contribution in [0, 0.1) is 35.1 Å². The van der Waals surface area contributed by atoms with E-state index >= 15 is 0 Å². The van der Waals surface area contributed by atoms with Crippen molar-refractivity contribution in [2.75, 3.05) is 13.1 Å². The lowest BCUT2D eigenvalue weighted by Gasteiger charge is -2.16.